The average molecular weight is 429 g/mol. The SMILES string of the molecule is Cc1ccccc1CNC(=O)[C@@]1(C)CCCN(S(=O)(=O)c2ccc(C(C)C)cc2)C1. The molecule has 1 fully saturated rings. The minimum absolute atomic E-state index is 0.0965. The average Bonchev–Trinajstić information content (AvgIpc) is 2.73. The number of hydrogen-bond acceptors (Lipinski definition) is 3. The molecule has 0 saturated carbocycles. The highest BCUT2D eigenvalue weighted by Crippen LogP contribution is 2.33. The Morgan fingerprint density at radius 2 is 1.80 bits per heavy atom. The molecule has 1 saturated heterocycles. The maximum Gasteiger partial charge on any atom is 0.243 e. The van der Waals surface area contributed by atoms with Gasteiger partial charge in [-0.1, -0.05) is 50.2 Å². The van der Waals surface area contributed by atoms with Crippen LogP contribution in [0.1, 0.15) is 56.2 Å². The van der Waals surface area contributed by atoms with E-state index in [2.05, 4.69) is 19.2 Å². The number of piperidine rings is 1. The molecule has 3 rings (SSSR count). The highest BCUT2D eigenvalue weighted by molar-refractivity contribution is 7.89. The third-order valence-corrected chi connectivity index (χ3v) is 7.95. The van der Waals surface area contributed by atoms with Crippen molar-refractivity contribution in [2.75, 3.05) is 13.1 Å². The minimum atomic E-state index is -3.63. The van der Waals surface area contributed by atoms with Crippen molar-refractivity contribution >= 4 is 15.9 Å². The number of carbonyl (C=O) groups is 1. The van der Waals surface area contributed by atoms with Crippen molar-refractivity contribution in [2.45, 2.75) is 57.9 Å². The summed E-state index contributed by atoms with van der Waals surface area (Å²) in [4.78, 5) is 13.3. The second-order valence-corrected chi connectivity index (χ2v) is 10.8. The van der Waals surface area contributed by atoms with E-state index in [1.165, 1.54) is 4.31 Å². The van der Waals surface area contributed by atoms with Gasteiger partial charge in [0.15, 0.2) is 0 Å². The zero-order chi connectivity index (χ0) is 21.9. The van der Waals surface area contributed by atoms with Crippen LogP contribution in [0.4, 0.5) is 0 Å². The van der Waals surface area contributed by atoms with E-state index in [4.69, 9.17) is 0 Å². The Hall–Kier alpha value is -2.18. The van der Waals surface area contributed by atoms with Crippen molar-refractivity contribution in [1.29, 1.82) is 0 Å². The molecule has 1 atom stereocenters. The first-order chi connectivity index (χ1) is 14.1. The fourth-order valence-electron chi connectivity index (χ4n) is 3.95. The maximum atomic E-state index is 13.2. The predicted molar refractivity (Wildman–Crippen MR) is 120 cm³/mol. The van der Waals surface area contributed by atoms with Gasteiger partial charge in [-0.05, 0) is 61.4 Å². The molecular weight excluding hydrogens is 396 g/mol. The molecule has 30 heavy (non-hydrogen) atoms. The van der Waals surface area contributed by atoms with Gasteiger partial charge < -0.3 is 5.32 Å². The van der Waals surface area contributed by atoms with E-state index in [-0.39, 0.29) is 17.3 Å². The molecule has 6 heteroatoms. The van der Waals surface area contributed by atoms with Gasteiger partial charge in [-0.15, -0.1) is 0 Å². The number of hydrogen-bond donors (Lipinski definition) is 1. The molecule has 1 amide bonds. The number of aryl methyl sites for hydroxylation is 1. The largest absolute Gasteiger partial charge is 0.352 e. The van der Waals surface area contributed by atoms with E-state index >= 15 is 0 Å². The van der Waals surface area contributed by atoms with E-state index in [9.17, 15) is 13.2 Å². The Kier molecular flexibility index (Phi) is 6.68. The van der Waals surface area contributed by atoms with E-state index in [1.54, 1.807) is 12.1 Å². The van der Waals surface area contributed by atoms with Crippen molar-refractivity contribution in [3.05, 3.63) is 65.2 Å². The fraction of sp³-hybridized carbons (Fsp3) is 0.458. The van der Waals surface area contributed by atoms with Crippen LogP contribution in [0.3, 0.4) is 0 Å². The Morgan fingerprint density at radius 3 is 2.43 bits per heavy atom. The quantitative estimate of drug-likeness (QED) is 0.749. The van der Waals surface area contributed by atoms with Crippen molar-refractivity contribution < 1.29 is 13.2 Å². The second-order valence-electron chi connectivity index (χ2n) is 8.84. The van der Waals surface area contributed by atoms with Crippen LogP contribution in [-0.2, 0) is 21.4 Å². The van der Waals surface area contributed by atoms with Gasteiger partial charge in [-0.2, -0.15) is 4.31 Å². The van der Waals surface area contributed by atoms with Crippen molar-refractivity contribution in [3.63, 3.8) is 0 Å². The fourth-order valence-corrected chi connectivity index (χ4v) is 5.56. The molecule has 1 heterocycles. The number of rotatable bonds is 6. The summed E-state index contributed by atoms with van der Waals surface area (Å²) in [6, 6.07) is 15.0. The molecule has 0 bridgehead atoms. The van der Waals surface area contributed by atoms with E-state index in [0.29, 0.717) is 31.8 Å². The lowest BCUT2D eigenvalue weighted by Crippen LogP contribution is -2.51. The summed E-state index contributed by atoms with van der Waals surface area (Å²) >= 11 is 0. The summed E-state index contributed by atoms with van der Waals surface area (Å²) in [7, 11) is -3.63. The van der Waals surface area contributed by atoms with E-state index in [0.717, 1.165) is 16.7 Å². The van der Waals surface area contributed by atoms with Crippen LogP contribution < -0.4 is 5.32 Å². The zero-order valence-electron chi connectivity index (χ0n) is 18.3. The highest BCUT2D eigenvalue weighted by atomic mass is 32.2. The summed E-state index contributed by atoms with van der Waals surface area (Å²) in [5, 5.41) is 3.02. The molecule has 1 aliphatic heterocycles. The van der Waals surface area contributed by atoms with Gasteiger partial charge >= 0.3 is 0 Å². The van der Waals surface area contributed by atoms with Gasteiger partial charge in [0.05, 0.1) is 10.3 Å². The monoisotopic (exact) mass is 428 g/mol. The molecule has 1 aliphatic rings. The molecule has 5 nitrogen and oxygen atoms in total. The lowest BCUT2D eigenvalue weighted by Gasteiger charge is -2.38. The summed E-state index contributed by atoms with van der Waals surface area (Å²) in [5.41, 5.74) is 2.56. The van der Waals surface area contributed by atoms with E-state index < -0.39 is 15.4 Å². The number of nitrogens with one attached hydrogen (secondary N) is 1. The van der Waals surface area contributed by atoms with Crippen molar-refractivity contribution in [2.24, 2.45) is 5.41 Å². The summed E-state index contributed by atoms with van der Waals surface area (Å²) in [5.74, 6) is 0.248. The molecule has 2 aromatic carbocycles. The third kappa shape index (κ3) is 4.76. The first-order valence-corrected chi connectivity index (χ1v) is 12.0. The van der Waals surface area contributed by atoms with Crippen LogP contribution >= 0.6 is 0 Å². The zero-order valence-corrected chi connectivity index (χ0v) is 19.1. The molecule has 0 unspecified atom stereocenters. The second kappa shape index (κ2) is 8.90. The van der Waals surface area contributed by atoms with Crippen LogP contribution in [-0.4, -0.2) is 31.7 Å². The van der Waals surface area contributed by atoms with Gasteiger partial charge in [0.1, 0.15) is 0 Å². The Bertz CT molecular complexity index is 999. The molecule has 0 aromatic heterocycles. The predicted octanol–water partition coefficient (Wildman–Crippen LogP) is 4.23. The normalized spacial score (nSPS) is 20.3. The molecule has 0 aliphatic carbocycles. The van der Waals surface area contributed by atoms with Crippen LogP contribution in [0, 0.1) is 12.3 Å². The molecule has 162 valence electrons. The first-order valence-electron chi connectivity index (χ1n) is 10.6. The topological polar surface area (TPSA) is 66.5 Å². The number of sulfonamides is 1. The molecular formula is C24H32N2O3S. The molecule has 0 spiro atoms. The highest BCUT2D eigenvalue weighted by Gasteiger charge is 2.41. The summed E-state index contributed by atoms with van der Waals surface area (Å²) < 4.78 is 27.9. The number of benzene rings is 2. The minimum Gasteiger partial charge on any atom is -0.352 e. The van der Waals surface area contributed by atoms with Crippen LogP contribution in [0.2, 0.25) is 0 Å². The van der Waals surface area contributed by atoms with Gasteiger partial charge in [0.2, 0.25) is 15.9 Å². The van der Waals surface area contributed by atoms with Crippen LogP contribution in [0.5, 0.6) is 0 Å². The Balaban J connectivity index is 1.72. The van der Waals surface area contributed by atoms with Crippen LogP contribution in [0.15, 0.2) is 53.4 Å². The molecule has 0 radical (unpaired) electrons. The Labute approximate surface area is 180 Å². The van der Waals surface area contributed by atoms with Gasteiger partial charge in [0.25, 0.3) is 0 Å². The third-order valence-electron chi connectivity index (χ3n) is 6.09. The van der Waals surface area contributed by atoms with Gasteiger partial charge in [-0.25, -0.2) is 8.42 Å². The van der Waals surface area contributed by atoms with Gasteiger partial charge in [-0.3, -0.25) is 4.79 Å². The number of nitrogens with zero attached hydrogens (tertiary/aromatic N) is 1. The first kappa shape index (κ1) is 22.5. The van der Waals surface area contributed by atoms with E-state index in [1.807, 2.05) is 50.2 Å². The Morgan fingerprint density at radius 1 is 1.13 bits per heavy atom. The van der Waals surface area contributed by atoms with Crippen molar-refractivity contribution in [3.8, 4) is 0 Å². The standard InChI is InChI=1S/C24H32N2O3S/c1-18(2)20-10-12-22(13-11-20)30(28,29)26-15-7-14-24(4,17-26)23(27)25-16-21-9-6-5-8-19(21)3/h5-6,8-13,18H,7,14-17H2,1-4H3,(H,25,27)/t24-/m0/s1. The number of amides is 1. The summed E-state index contributed by atoms with van der Waals surface area (Å²) in [6.07, 6.45) is 1.34. The maximum absolute atomic E-state index is 13.2. The lowest BCUT2D eigenvalue weighted by molar-refractivity contribution is -0.132. The number of carbonyl (C=O) groups excluding carboxylic acids is 1. The van der Waals surface area contributed by atoms with Crippen LogP contribution in [0.25, 0.3) is 0 Å². The summed E-state index contributed by atoms with van der Waals surface area (Å²) in [6.45, 7) is 9.12. The van der Waals surface area contributed by atoms with Crippen molar-refractivity contribution in [1.82, 2.24) is 9.62 Å². The molecule has 1 N–H and O–H groups in total. The smallest absolute Gasteiger partial charge is 0.243 e. The lowest BCUT2D eigenvalue weighted by atomic mass is 9.82. The van der Waals surface area contributed by atoms with Gasteiger partial charge in [0, 0.05) is 19.6 Å². The molecule has 2 aromatic rings.